The Balaban J connectivity index is 0.000000213. The Hall–Kier alpha value is -3.00. The van der Waals surface area contributed by atoms with E-state index >= 15 is 0 Å². The third kappa shape index (κ3) is 7.64. The predicted molar refractivity (Wildman–Crippen MR) is 122 cm³/mol. The van der Waals surface area contributed by atoms with Gasteiger partial charge in [0, 0.05) is 23.5 Å². The third-order valence-electron chi connectivity index (χ3n) is 4.94. The topological polar surface area (TPSA) is 34.1 Å². The van der Waals surface area contributed by atoms with Crippen LogP contribution in [0.3, 0.4) is 0 Å². The van der Waals surface area contributed by atoms with Crippen LogP contribution in [-0.2, 0) is 29.9 Å². The average Bonchev–Trinajstić information content (AvgIpc) is 3.46. The van der Waals surface area contributed by atoms with Crippen LogP contribution in [0.5, 0.6) is 0 Å². The van der Waals surface area contributed by atoms with Crippen LogP contribution in [0.25, 0.3) is 0 Å². The van der Waals surface area contributed by atoms with E-state index in [0.29, 0.717) is 12.8 Å². The number of rotatable bonds is 6. The molecule has 0 N–H and O–H groups in total. The molecular formula is C28H26FeO2-6. The van der Waals surface area contributed by atoms with Gasteiger partial charge in [0.1, 0.15) is 5.78 Å². The summed E-state index contributed by atoms with van der Waals surface area (Å²) in [4.78, 5) is 23.5. The second-order valence-electron chi connectivity index (χ2n) is 7.52. The molecule has 4 aromatic carbocycles. The zero-order valence-corrected chi connectivity index (χ0v) is 18.9. The van der Waals surface area contributed by atoms with Gasteiger partial charge in [-0.3, -0.25) is 5.78 Å². The molecule has 2 nitrogen and oxygen atoms in total. The molecule has 0 spiro atoms. The first-order valence-corrected chi connectivity index (χ1v) is 10.1. The summed E-state index contributed by atoms with van der Waals surface area (Å²) in [5.74, 6) is 0.368. The van der Waals surface area contributed by atoms with Gasteiger partial charge < -0.3 is 39.4 Å². The van der Waals surface area contributed by atoms with E-state index in [9.17, 15) is 9.59 Å². The largest absolute Gasteiger partial charge is 0.718 e. The van der Waals surface area contributed by atoms with Gasteiger partial charge >= 0.3 is 0 Å². The molecule has 0 aliphatic carbocycles. The van der Waals surface area contributed by atoms with Crippen molar-refractivity contribution < 1.29 is 26.7 Å². The number of ketones is 2. The second-order valence-corrected chi connectivity index (χ2v) is 7.52. The van der Waals surface area contributed by atoms with Gasteiger partial charge in [0.05, 0.1) is 0 Å². The number of aryl methyl sites for hydroxylation is 2. The molecule has 0 saturated carbocycles. The van der Waals surface area contributed by atoms with Crippen molar-refractivity contribution in [3.8, 4) is 0 Å². The van der Waals surface area contributed by atoms with E-state index in [1.54, 1.807) is 0 Å². The minimum absolute atomic E-state index is 0. The molecule has 0 bridgehead atoms. The fraction of sp³-hybridized carbons (Fsp3) is 0.143. The molecule has 3 heteroatoms. The van der Waals surface area contributed by atoms with Crippen LogP contribution in [0, 0.1) is 13.8 Å². The standard InChI is InChI=1S/2C14H13O.Fe/c2*1-11-6-8-12(9-7-11)10-14(15)13-4-2-3-5-13;/h2*2-9H,10H2,1H3;/q-5;-1;. The van der Waals surface area contributed by atoms with Crippen molar-refractivity contribution in [1.29, 1.82) is 0 Å². The summed E-state index contributed by atoms with van der Waals surface area (Å²) in [6, 6.07) is 31.2. The zero-order valence-electron chi connectivity index (χ0n) is 17.8. The van der Waals surface area contributed by atoms with Gasteiger partial charge in [0.15, 0.2) is 0 Å². The van der Waals surface area contributed by atoms with Gasteiger partial charge in [-0.1, -0.05) is 77.2 Å². The second kappa shape index (κ2) is 12.0. The first-order valence-electron chi connectivity index (χ1n) is 10.1. The number of carbonyl (C=O) groups excluding carboxylic acids is 2. The van der Waals surface area contributed by atoms with Crippen LogP contribution in [0.1, 0.15) is 43.0 Å². The van der Waals surface area contributed by atoms with Crippen LogP contribution in [0.15, 0.2) is 97.1 Å². The summed E-state index contributed by atoms with van der Waals surface area (Å²) >= 11 is 0. The van der Waals surface area contributed by atoms with Crippen molar-refractivity contribution >= 4 is 11.6 Å². The Bertz CT molecular complexity index is 966. The molecule has 0 amide bonds. The van der Waals surface area contributed by atoms with E-state index in [1.165, 1.54) is 11.1 Å². The van der Waals surface area contributed by atoms with E-state index in [-0.39, 0.29) is 28.6 Å². The summed E-state index contributed by atoms with van der Waals surface area (Å²) in [5.41, 5.74) is 6.20. The van der Waals surface area contributed by atoms with Gasteiger partial charge in [-0.2, -0.15) is 12.1 Å². The Labute approximate surface area is 195 Å². The monoisotopic (exact) mass is 450 g/mol. The Kier molecular flexibility index (Phi) is 9.39. The summed E-state index contributed by atoms with van der Waals surface area (Å²) in [7, 11) is 0. The van der Waals surface area contributed by atoms with Gasteiger partial charge in [0.2, 0.25) is 0 Å². The van der Waals surface area contributed by atoms with E-state index in [2.05, 4.69) is 0 Å². The van der Waals surface area contributed by atoms with Crippen molar-refractivity contribution in [3.63, 3.8) is 0 Å². The van der Waals surface area contributed by atoms with Crippen molar-refractivity contribution in [2.45, 2.75) is 26.7 Å². The molecule has 0 aliphatic heterocycles. The Morgan fingerprint density at radius 3 is 1.58 bits per heavy atom. The van der Waals surface area contributed by atoms with Crippen LogP contribution < -0.4 is 0 Å². The zero-order chi connectivity index (χ0) is 21.3. The Morgan fingerprint density at radius 1 is 0.710 bits per heavy atom. The van der Waals surface area contributed by atoms with Crippen LogP contribution in [0.4, 0.5) is 0 Å². The normalized spacial score (nSPS) is 9.87. The molecule has 4 rings (SSSR count). The third-order valence-corrected chi connectivity index (χ3v) is 4.94. The van der Waals surface area contributed by atoms with Crippen molar-refractivity contribution in [3.05, 3.63) is 130 Å². The molecule has 0 aromatic heterocycles. The average molecular weight is 450 g/mol. The first kappa shape index (κ1) is 24.3. The van der Waals surface area contributed by atoms with Gasteiger partial charge in [-0.15, -0.1) is 0 Å². The molecule has 0 radical (unpaired) electrons. The van der Waals surface area contributed by atoms with Gasteiger partial charge in [-0.05, 0) is 19.4 Å². The minimum atomic E-state index is 0. The number of carbonyl (C=O) groups is 2. The van der Waals surface area contributed by atoms with E-state index in [4.69, 9.17) is 0 Å². The fourth-order valence-electron chi connectivity index (χ4n) is 3.11. The molecule has 0 aliphatic rings. The fourth-order valence-corrected chi connectivity index (χ4v) is 3.11. The quantitative estimate of drug-likeness (QED) is 0.197. The smallest absolute Gasteiger partial charge is 0.113 e. The molecule has 4 aromatic rings. The molecule has 31 heavy (non-hydrogen) atoms. The summed E-state index contributed by atoms with van der Waals surface area (Å²) in [5, 5.41) is 0. The van der Waals surface area contributed by atoms with Crippen LogP contribution in [-0.4, -0.2) is 11.6 Å². The van der Waals surface area contributed by atoms with Gasteiger partial charge in [-0.25, -0.2) is 12.1 Å². The minimum Gasteiger partial charge on any atom is -0.718 e. The van der Waals surface area contributed by atoms with Crippen LogP contribution in [0.2, 0.25) is 0 Å². The van der Waals surface area contributed by atoms with Crippen LogP contribution >= 0.6 is 0 Å². The number of hydrogen-bond donors (Lipinski definition) is 0. The number of benzene rings is 2. The maximum absolute atomic E-state index is 11.8. The predicted octanol–water partition coefficient (Wildman–Crippen LogP) is 6.28. The van der Waals surface area contributed by atoms with E-state index < -0.39 is 0 Å². The molecule has 0 fully saturated rings. The van der Waals surface area contributed by atoms with E-state index in [0.717, 1.165) is 22.3 Å². The van der Waals surface area contributed by atoms with Crippen molar-refractivity contribution in [2.75, 3.05) is 0 Å². The summed E-state index contributed by atoms with van der Waals surface area (Å²) in [6.45, 7) is 4.09. The maximum atomic E-state index is 11.8. The molecule has 0 heterocycles. The van der Waals surface area contributed by atoms with Crippen molar-refractivity contribution in [2.24, 2.45) is 0 Å². The summed E-state index contributed by atoms with van der Waals surface area (Å²) in [6.07, 6.45) is 0.981. The molecule has 0 atom stereocenters. The maximum Gasteiger partial charge on any atom is 0.113 e. The Morgan fingerprint density at radius 2 is 1.13 bits per heavy atom. The summed E-state index contributed by atoms with van der Waals surface area (Å²) < 4.78 is 0. The number of Topliss-reactive ketones (excluding diaryl/α,β-unsaturated/α-hetero) is 2. The molecule has 0 saturated heterocycles. The molecular weight excluding hydrogens is 424 g/mol. The SMILES string of the molecule is Cc1ccc(CC(=O)[c-]2[cH-][cH-][cH-][cH-]2)cc1.Cc1ccc(CC(=O)[c-]2cccc2)cc1.[Fe]. The van der Waals surface area contributed by atoms with Crippen molar-refractivity contribution in [1.82, 2.24) is 0 Å². The van der Waals surface area contributed by atoms with E-state index in [1.807, 2.05) is 111 Å². The molecule has 164 valence electrons. The molecule has 0 unspecified atom stereocenters. The van der Waals surface area contributed by atoms with Gasteiger partial charge in [0.25, 0.3) is 0 Å². The number of hydrogen-bond acceptors (Lipinski definition) is 2. The first-order chi connectivity index (χ1) is 14.5.